The Bertz CT molecular complexity index is 1230. The van der Waals surface area contributed by atoms with Crippen molar-refractivity contribution in [1.82, 2.24) is 10.2 Å². The van der Waals surface area contributed by atoms with Crippen LogP contribution in [-0.4, -0.2) is 29.2 Å². The van der Waals surface area contributed by atoms with Crippen LogP contribution in [0.1, 0.15) is 31.5 Å². The maximum absolute atomic E-state index is 13.1. The van der Waals surface area contributed by atoms with Crippen LogP contribution in [0.15, 0.2) is 57.3 Å². The third-order valence-corrected chi connectivity index (χ3v) is 6.33. The number of rotatable bonds is 6. The van der Waals surface area contributed by atoms with Gasteiger partial charge in [0.2, 0.25) is 0 Å². The Morgan fingerprint density at radius 2 is 1.90 bits per heavy atom. The van der Waals surface area contributed by atoms with Crippen LogP contribution in [0, 0.1) is 6.92 Å². The second-order valence-corrected chi connectivity index (χ2v) is 8.68. The number of hydrogen-bond acceptors (Lipinski definition) is 8. The summed E-state index contributed by atoms with van der Waals surface area (Å²) in [6.07, 6.45) is 0. The third-order valence-electron chi connectivity index (χ3n) is 4.33. The molecule has 0 bridgehead atoms. The van der Waals surface area contributed by atoms with Gasteiger partial charge in [0.25, 0.3) is 5.91 Å². The summed E-state index contributed by atoms with van der Waals surface area (Å²) in [5.74, 6) is -0.276. The monoisotopic (exact) mass is 439 g/mol. The lowest BCUT2D eigenvalue weighted by Gasteiger charge is -2.09. The molecule has 0 saturated carbocycles. The van der Waals surface area contributed by atoms with E-state index in [2.05, 4.69) is 15.5 Å². The number of furan rings is 1. The van der Waals surface area contributed by atoms with Gasteiger partial charge in [0.1, 0.15) is 10.6 Å². The van der Waals surface area contributed by atoms with E-state index in [1.807, 2.05) is 31.2 Å². The molecule has 9 heteroatoms. The van der Waals surface area contributed by atoms with Crippen molar-refractivity contribution < 1.29 is 18.7 Å². The van der Waals surface area contributed by atoms with Crippen molar-refractivity contribution in [3.05, 3.63) is 70.4 Å². The number of nitrogens with one attached hydrogen (secondary N) is 1. The number of amides is 1. The summed E-state index contributed by atoms with van der Waals surface area (Å²) in [7, 11) is 1.30. The van der Waals surface area contributed by atoms with E-state index < -0.39 is 11.9 Å². The van der Waals surface area contributed by atoms with Gasteiger partial charge >= 0.3 is 5.97 Å². The van der Waals surface area contributed by atoms with Crippen molar-refractivity contribution in [1.29, 1.82) is 0 Å². The molecule has 1 N–H and O–H groups in total. The Morgan fingerprint density at radius 1 is 1.13 bits per heavy atom. The van der Waals surface area contributed by atoms with Crippen LogP contribution in [-0.2, 0) is 10.5 Å². The number of ether oxygens (including phenoxy) is 1. The van der Waals surface area contributed by atoms with Crippen molar-refractivity contribution >= 4 is 51.6 Å². The van der Waals surface area contributed by atoms with Crippen LogP contribution in [0.2, 0.25) is 0 Å². The predicted octanol–water partition coefficient (Wildman–Crippen LogP) is 4.92. The summed E-state index contributed by atoms with van der Waals surface area (Å²) >= 11 is 2.99. The molecule has 2 aromatic heterocycles. The van der Waals surface area contributed by atoms with Gasteiger partial charge in [-0.2, -0.15) is 0 Å². The summed E-state index contributed by atoms with van der Waals surface area (Å²) in [5, 5.41) is 12.7. The Morgan fingerprint density at radius 3 is 2.67 bits per heavy atom. The van der Waals surface area contributed by atoms with Crippen molar-refractivity contribution in [3.8, 4) is 0 Å². The molecule has 0 aliphatic carbocycles. The summed E-state index contributed by atoms with van der Waals surface area (Å²) in [5.41, 5.74) is 2.00. The Kier molecular flexibility index (Phi) is 5.82. The van der Waals surface area contributed by atoms with Gasteiger partial charge in [-0.3, -0.25) is 4.79 Å². The number of hydrogen-bond donors (Lipinski definition) is 1. The molecule has 4 rings (SSSR count). The minimum atomic E-state index is -0.530. The topological polar surface area (TPSA) is 94.3 Å². The molecule has 2 aromatic carbocycles. The van der Waals surface area contributed by atoms with Gasteiger partial charge in [-0.15, -0.1) is 10.2 Å². The van der Waals surface area contributed by atoms with Crippen molar-refractivity contribution in [3.63, 3.8) is 0 Å². The molecule has 0 fully saturated rings. The van der Waals surface area contributed by atoms with Crippen LogP contribution in [0.4, 0.5) is 5.69 Å². The van der Waals surface area contributed by atoms with Crippen LogP contribution >= 0.6 is 23.1 Å². The highest BCUT2D eigenvalue weighted by Gasteiger charge is 2.23. The fourth-order valence-corrected chi connectivity index (χ4v) is 4.80. The largest absolute Gasteiger partial charge is 0.465 e. The number of thioether (sulfide) groups is 1. The number of carbonyl (C=O) groups excluding carboxylic acids is 2. The first kappa shape index (κ1) is 20.1. The fraction of sp³-hybridized carbons (Fsp3) is 0.143. The minimum Gasteiger partial charge on any atom is -0.465 e. The number of nitrogens with zero attached hydrogens (tertiary/aromatic N) is 2. The highest BCUT2D eigenvalue weighted by molar-refractivity contribution is 8.00. The molecule has 30 heavy (non-hydrogen) atoms. The maximum Gasteiger partial charge on any atom is 0.339 e. The second-order valence-electron chi connectivity index (χ2n) is 6.27. The standard InChI is InChI=1S/C21H17N3O4S2/c1-12-23-24-21(30-12)29-11-15-13-7-4-6-10-17(13)28-18(15)19(25)22-16-9-5-3-8-14(16)20(26)27-2/h3-10H,11H2,1-2H3,(H,22,25). The zero-order valence-electron chi connectivity index (χ0n) is 16.2. The molecule has 0 aliphatic heterocycles. The number of anilines is 1. The van der Waals surface area contributed by atoms with Gasteiger partial charge in [-0.25, -0.2) is 4.79 Å². The number of aryl methyl sites for hydroxylation is 1. The van der Waals surface area contributed by atoms with Crippen LogP contribution in [0.5, 0.6) is 0 Å². The van der Waals surface area contributed by atoms with Gasteiger partial charge in [-0.1, -0.05) is 53.4 Å². The highest BCUT2D eigenvalue weighted by atomic mass is 32.2. The second kappa shape index (κ2) is 8.68. The molecule has 2 heterocycles. The van der Waals surface area contributed by atoms with Crippen molar-refractivity contribution in [2.24, 2.45) is 0 Å². The quantitative estimate of drug-likeness (QED) is 0.336. The summed E-state index contributed by atoms with van der Waals surface area (Å²) in [6, 6.07) is 14.2. The molecule has 7 nitrogen and oxygen atoms in total. The zero-order chi connectivity index (χ0) is 21.1. The van der Waals surface area contributed by atoms with Gasteiger partial charge in [-0.05, 0) is 25.1 Å². The van der Waals surface area contributed by atoms with Crippen molar-refractivity contribution in [2.45, 2.75) is 17.0 Å². The van der Waals surface area contributed by atoms with E-state index in [-0.39, 0.29) is 11.3 Å². The summed E-state index contributed by atoms with van der Waals surface area (Å²) in [6.45, 7) is 1.90. The van der Waals surface area contributed by atoms with E-state index in [1.165, 1.54) is 30.2 Å². The molecule has 152 valence electrons. The Hall–Kier alpha value is -3.17. The van der Waals surface area contributed by atoms with Crippen LogP contribution in [0.3, 0.4) is 0 Å². The number of fused-ring (bicyclic) bond motifs is 1. The lowest BCUT2D eigenvalue weighted by Crippen LogP contribution is -2.16. The molecule has 0 radical (unpaired) electrons. The summed E-state index contributed by atoms with van der Waals surface area (Å²) < 4.78 is 11.5. The number of aromatic nitrogens is 2. The maximum atomic E-state index is 13.1. The molecule has 0 atom stereocenters. The zero-order valence-corrected chi connectivity index (χ0v) is 17.8. The van der Waals surface area contributed by atoms with E-state index in [9.17, 15) is 9.59 Å². The highest BCUT2D eigenvalue weighted by Crippen LogP contribution is 2.33. The average molecular weight is 440 g/mol. The average Bonchev–Trinajstić information content (AvgIpc) is 3.35. The first-order valence-corrected chi connectivity index (χ1v) is 10.8. The molecular weight excluding hydrogens is 422 g/mol. The van der Waals surface area contributed by atoms with E-state index in [0.717, 1.165) is 20.3 Å². The molecule has 4 aromatic rings. The van der Waals surface area contributed by atoms with Gasteiger partial charge in [0, 0.05) is 16.7 Å². The minimum absolute atomic E-state index is 0.199. The first-order chi connectivity index (χ1) is 14.6. The summed E-state index contributed by atoms with van der Waals surface area (Å²) in [4.78, 5) is 25.1. The third kappa shape index (κ3) is 4.07. The Labute approximate surface area is 180 Å². The van der Waals surface area contributed by atoms with Gasteiger partial charge < -0.3 is 14.5 Å². The number of benzene rings is 2. The Balaban J connectivity index is 1.66. The van der Waals surface area contributed by atoms with Crippen molar-refractivity contribution in [2.75, 3.05) is 12.4 Å². The molecule has 1 amide bonds. The van der Waals surface area contributed by atoms with E-state index in [4.69, 9.17) is 9.15 Å². The van der Waals surface area contributed by atoms with Gasteiger partial charge in [0.15, 0.2) is 10.1 Å². The smallest absolute Gasteiger partial charge is 0.339 e. The first-order valence-electron chi connectivity index (χ1n) is 8.99. The number of para-hydroxylation sites is 2. The predicted molar refractivity (Wildman–Crippen MR) is 116 cm³/mol. The number of methoxy groups -OCH3 is 1. The fourth-order valence-electron chi connectivity index (χ4n) is 2.96. The molecule has 0 aliphatic rings. The lowest BCUT2D eigenvalue weighted by atomic mass is 10.1. The molecule has 0 unspecified atom stereocenters. The van der Waals surface area contributed by atoms with E-state index in [1.54, 1.807) is 24.3 Å². The van der Waals surface area contributed by atoms with Crippen LogP contribution < -0.4 is 5.32 Å². The van der Waals surface area contributed by atoms with E-state index >= 15 is 0 Å². The number of carbonyl (C=O) groups is 2. The molecular formula is C21H17N3O4S2. The molecule has 0 saturated heterocycles. The normalized spacial score (nSPS) is 10.9. The van der Waals surface area contributed by atoms with Gasteiger partial charge in [0.05, 0.1) is 18.4 Å². The van der Waals surface area contributed by atoms with E-state index in [0.29, 0.717) is 17.0 Å². The lowest BCUT2D eigenvalue weighted by molar-refractivity contribution is 0.0602. The number of esters is 1. The molecule has 0 spiro atoms. The van der Waals surface area contributed by atoms with Crippen LogP contribution in [0.25, 0.3) is 11.0 Å². The SMILES string of the molecule is COC(=O)c1ccccc1NC(=O)c1oc2ccccc2c1CSc1nnc(C)s1.